The molecule has 0 aliphatic heterocycles. The monoisotopic (exact) mass is 458 g/mol. The highest BCUT2D eigenvalue weighted by Crippen LogP contribution is 2.18. The molecule has 0 unspecified atom stereocenters. The third-order valence-electron chi connectivity index (χ3n) is 5.42. The molecule has 0 radical (unpaired) electrons. The number of rotatable bonds is 7. The van der Waals surface area contributed by atoms with E-state index in [1.807, 2.05) is 84.9 Å². The standard InChI is InChI=1S/C28H22N6O/c35-28(31-29-19-21-11-15-24(16-12-21)23-7-3-1-4-8-23)26-17-13-22(14-18-26)20-34-32-27(30-33-34)25-9-5-2-6-10-25/h1-19H,20H2,(H,31,35)/b29-19+. The molecule has 0 fully saturated rings. The summed E-state index contributed by atoms with van der Waals surface area (Å²) in [5.41, 5.74) is 8.15. The lowest BCUT2D eigenvalue weighted by Gasteiger charge is -2.03. The molecule has 0 saturated heterocycles. The van der Waals surface area contributed by atoms with Gasteiger partial charge in [0, 0.05) is 11.1 Å². The van der Waals surface area contributed by atoms with Crippen molar-refractivity contribution in [2.45, 2.75) is 6.54 Å². The van der Waals surface area contributed by atoms with E-state index in [-0.39, 0.29) is 5.91 Å². The Hall–Kier alpha value is -4.91. The molecule has 170 valence electrons. The zero-order valence-corrected chi connectivity index (χ0v) is 18.8. The molecule has 5 rings (SSSR count). The Morgan fingerprint density at radius 3 is 2.09 bits per heavy atom. The zero-order valence-electron chi connectivity index (χ0n) is 18.8. The highest BCUT2D eigenvalue weighted by atomic mass is 16.2. The maximum Gasteiger partial charge on any atom is 0.271 e. The smallest absolute Gasteiger partial charge is 0.267 e. The third kappa shape index (κ3) is 5.54. The summed E-state index contributed by atoms with van der Waals surface area (Å²) in [5, 5.41) is 16.7. The molecule has 0 aliphatic carbocycles. The van der Waals surface area contributed by atoms with Crippen LogP contribution < -0.4 is 5.43 Å². The van der Waals surface area contributed by atoms with Crippen LogP contribution in [-0.2, 0) is 6.54 Å². The van der Waals surface area contributed by atoms with E-state index in [2.05, 4.69) is 38.1 Å². The molecule has 0 bridgehead atoms. The van der Waals surface area contributed by atoms with Gasteiger partial charge in [-0.15, -0.1) is 10.2 Å². The van der Waals surface area contributed by atoms with Gasteiger partial charge in [0.2, 0.25) is 5.82 Å². The van der Waals surface area contributed by atoms with Gasteiger partial charge in [0.25, 0.3) is 5.91 Å². The summed E-state index contributed by atoms with van der Waals surface area (Å²) in [6.45, 7) is 0.457. The molecule has 0 spiro atoms. The summed E-state index contributed by atoms with van der Waals surface area (Å²) in [6, 6.07) is 35.1. The van der Waals surface area contributed by atoms with Crippen LogP contribution in [0.5, 0.6) is 0 Å². The van der Waals surface area contributed by atoms with Gasteiger partial charge in [0.1, 0.15) is 0 Å². The van der Waals surface area contributed by atoms with Crippen LogP contribution in [-0.4, -0.2) is 32.3 Å². The van der Waals surface area contributed by atoms with Crippen molar-refractivity contribution in [1.29, 1.82) is 0 Å². The highest BCUT2D eigenvalue weighted by molar-refractivity contribution is 5.95. The van der Waals surface area contributed by atoms with Crippen LogP contribution >= 0.6 is 0 Å². The summed E-state index contributed by atoms with van der Waals surface area (Å²) in [4.78, 5) is 14.0. The van der Waals surface area contributed by atoms with Crippen molar-refractivity contribution in [1.82, 2.24) is 25.6 Å². The fourth-order valence-corrected chi connectivity index (χ4v) is 3.56. The Balaban J connectivity index is 1.16. The molecule has 5 aromatic rings. The van der Waals surface area contributed by atoms with Crippen LogP contribution in [0, 0.1) is 0 Å². The summed E-state index contributed by atoms with van der Waals surface area (Å²) >= 11 is 0. The van der Waals surface area contributed by atoms with Gasteiger partial charge in [-0.2, -0.15) is 9.90 Å². The topological polar surface area (TPSA) is 85.1 Å². The average Bonchev–Trinajstić information content (AvgIpc) is 3.39. The van der Waals surface area contributed by atoms with Crippen molar-refractivity contribution in [2.75, 3.05) is 0 Å². The average molecular weight is 459 g/mol. The maximum atomic E-state index is 12.4. The second kappa shape index (κ2) is 10.4. The number of hydrogen-bond acceptors (Lipinski definition) is 5. The first kappa shape index (κ1) is 21.9. The third-order valence-corrected chi connectivity index (χ3v) is 5.42. The van der Waals surface area contributed by atoms with Crippen LogP contribution in [0.2, 0.25) is 0 Å². The molecule has 7 heteroatoms. The number of carbonyl (C=O) groups is 1. The van der Waals surface area contributed by atoms with Gasteiger partial charge in [-0.3, -0.25) is 4.79 Å². The van der Waals surface area contributed by atoms with Gasteiger partial charge >= 0.3 is 0 Å². The van der Waals surface area contributed by atoms with E-state index < -0.39 is 0 Å². The van der Waals surface area contributed by atoms with Crippen molar-refractivity contribution in [2.24, 2.45) is 5.10 Å². The van der Waals surface area contributed by atoms with Crippen molar-refractivity contribution in [3.8, 4) is 22.5 Å². The van der Waals surface area contributed by atoms with Crippen LogP contribution in [0.3, 0.4) is 0 Å². The quantitative estimate of drug-likeness (QED) is 0.280. The molecule has 1 N–H and O–H groups in total. The van der Waals surface area contributed by atoms with E-state index in [1.54, 1.807) is 18.3 Å². The van der Waals surface area contributed by atoms with Crippen molar-refractivity contribution in [3.63, 3.8) is 0 Å². The molecule has 4 aromatic carbocycles. The normalized spacial score (nSPS) is 11.0. The number of amides is 1. The fraction of sp³-hybridized carbons (Fsp3) is 0.0357. The predicted octanol–water partition coefficient (Wildman–Crippen LogP) is 4.82. The molecule has 0 saturated carbocycles. The molecule has 1 heterocycles. The Kier molecular flexibility index (Phi) is 6.48. The second-order valence-corrected chi connectivity index (χ2v) is 7.89. The minimum absolute atomic E-state index is 0.279. The number of nitrogens with one attached hydrogen (secondary N) is 1. The van der Waals surface area contributed by atoms with Gasteiger partial charge in [0.15, 0.2) is 0 Å². The minimum Gasteiger partial charge on any atom is -0.267 e. The number of tetrazole rings is 1. The summed E-state index contributed by atoms with van der Waals surface area (Å²) in [5.74, 6) is 0.299. The molecule has 1 amide bonds. The highest BCUT2D eigenvalue weighted by Gasteiger charge is 2.08. The Labute approximate surface area is 202 Å². The van der Waals surface area contributed by atoms with Crippen molar-refractivity contribution < 1.29 is 4.79 Å². The molecule has 0 aliphatic rings. The number of benzene rings is 4. The lowest BCUT2D eigenvalue weighted by Crippen LogP contribution is -2.17. The molecule has 35 heavy (non-hydrogen) atoms. The summed E-state index contributed by atoms with van der Waals surface area (Å²) < 4.78 is 0. The van der Waals surface area contributed by atoms with Crippen molar-refractivity contribution >= 4 is 12.1 Å². The molecular formula is C28H22N6O. The number of aromatic nitrogens is 4. The van der Waals surface area contributed by atoms with E-state index in [9.17, 15) is 4.79 Å². The first-order valence-corrected chi connectivity index (χ1v) is 11.2. The van der Waals surface area contributed by atoms with Gasteiger partial charge in [-0.1, -0.05) is 97.1 Å². The maximum absolute atomic E-state index is 12.4. The number of hydrogen-bond donors (Lipinski definition) is 1. The lowest BCUT2D eigenvalue weighted by molar-refractivity contribution is 0.0955. The van der Waals surface area contributed by atoms with Crippen LogP contribution in [0.4, 0.5) is 0 Å². The van der Waals surface area contributed by atoms with E-state index in [0.29, 0.717) is 17.9 Å². The fourth-order valence-electron chi connectivity index (χ4n) is 3.56. The Morgan fingerprint density at radius 1 is 0.771 bits per heavy atom. The van der Waals surface area contributed by atoms with E-state index in [1.165, 1.54) is 4.80 Å². The molecule has 1 aromatic heterocycles. The van der Waals surface area contributed by atoms with Gasteiger partial charge < -0.3 is 0 Å². The predicted molar refractivity (Wildman–Crippen MR) is 136 cm³/mol. The minimum atomic E-state index is -0.279. The zero-order chi connectivity index (χ0) is 23.9. The van der Waals surface area contributed by atoms with Gasteiger partial charge in [-0.25, -0.2) is 5.43 Å². The van der Waals surface area contributed by atoms with Gasteiger partial charge in [-0.05, 0) is 39.6 Å². The summed E-state index contributed by atoms with van der Waals surface area (Å²) in [6.07, 6.45) is 1.63. The van der Waals surface area contributed by atoms with E-state index in [4.69, 9.17) is 0 Å². The Morgan fingerprint density at radius 2 is 1.40 bits per heavy atom. The largest absolute Gasteiger partial charge is 0.271 e. The molecular weight excluding hydrogens is 436 g/mol. The van der Waals surface area contributed by atoms with Crippen LogP contribution in [0.25, 0.3) is 22.5 Å². The van der Waals surface area contributed by atoms with Gasteiger partial charge in [0.05, 0.1) is 12.8 Å². The summed E-state index contributed by atoms with van der Waals surface area (Å²) in [7, 11) is 0. The van der Waals surface area contributed by atoms with E-state index >= 15 is 0 Å². The van der Waals surface area contributed by atoms with Crippen LogP contribution in [0.15, 0.2) is 114 Å². The SMILES string of the molecule is O=C(N/N=C/c1ccc(-c2ccccc2)cc1)c1ccc(Cn2nnc(-c3ccccc3)n2)cc1. The number of hydrazone groups is 1. The lowest BCUT2D eigenvalue weighted by atomic mass is 10.0. The number of carbonyl (C=O) groups excluding carboxylic acids is 1. The second-order valence-electron chi connectivity index (χ2n) is 7.89. The first-order valence-electron chi connectivity index (χ1n) is 11.2. The van der Waals surface area contributed by atoms with Crippen molar-refractivity contribution in [3.05, 3.63) is 126 Å². The molecule has 0 atom stereocenters. The Bertz CT molecular complexity index is 1430. The first-order chi connectivity index (χ1) is 17.2. The number of nitrogens with zero attached hydrogens (tertiary/aromatic N) is 5. The molecule has 7 nitrogen and oxygen atoms in total. The van der Waals surface area contributed by atoms with E-state index in [0.717, 1.165) is 27.8 Å². The van der Waals surface area contributed by atoms with Crippen LogP contribution in [0.1, 0.15) is 21.5 Å².